The van der Waals surface area contributed by atoms with Crippen molar-refractivity contribution in [3.8, 4) is 0 Å². The van der Waals surface area contributed by atoms with Crippen molar-refractivity contribution in [1.29, 1.82) is 0 Å². The number of rotatable bonds is 8. The van der Waals surface area contributed by atoms with Crippen molar-refractivity contribution in [2.24, 2.45) is 10.9 Å². The molecule has 1 saturated heterocycles. The van der Waals surface area contributed by atoms with Crippen LogP contribution in [0.15, 0.2) is 4.99 Å². The molecule has 1 rings (SSSR count). The maximum Gasteiger partial charge on any atom is 0.310 e. The second kappa shape index (κ2) is 11.7. The van der Waals surface area contributed by atoms with Gasteiger partial charge in [0.25, 0.3) is 0 Å². The monoisotopic (exact) mass is 354 g/mol. The largest absolute Gasteiger partial charge is 0.466 e. The van der Waals surface area contributed by atoms with Crippen LogP contribution in [0.25, 0.3) is 0 Å². The Morgan fingerprint density at radius 1 is 1.32 bits per heavy atom. The summed E-state index contributed by atoms with van der Waals surface area (Å²) in [5.41, 5.74) is 0. The number of guanidine groups is 1. The summed E-state index contributed by atoms with van der Waals surface area (Å²) in [5, 5.41) is 6.21. The van der Waals surface area contributed by atoms with Crippen molar-refractivity contribution in [1.82, 2.24) is 15.5 Å². The van der Waals surface area contributed by atoms with Crippen LogP contribution in [0.4, 0.5) is 0 Å². The smallest absolute Gasteiger partial charge is 0.310 e. The van der Waals surface area contributed by atoms with E-state index in [-0.39, 0.29) is 23.8 Å². The van der Waals surface area contributed by atoms with Gasteiger partial charge in [0.15, 0.2) is 5.96 Å². The first kappa shape index (κ1) is 21.3. The van der Waals surface area contributed by atoms with Crippen molar-refractivity contribution in [2.45, 2.75) is 59.4 Å². The number of esters is 1. The Morgan fingerprint density at radius 2 is 2.08 bits per heavy atom. The maximum atomic E-state index is 12.0. The number of carbonyl (C=O) groups is 2. The molecule has 0 radical (unpaired) electrons. The number of nitrogens with zero attached hydrogens (tertiary/aromatic N) is 2. The van der Waals surface area contributed by atoms with Crippen LogP contribution in [-0.2, 0) is 14.3 Å². The van der Waals surface area contributed by atoms with Crippen LogP contribution in [-0.4, -0.2) is 61.6 Å². The fourth-order valence-corrected chi connectivity index (χ4v) is 2.76. The van der Waals surface area contributed by atoms with Gasteiger partial charge in [-0.15, -0.1) is 0 Å². The standard InChI is InChI=1S/C18H34N4O3/c1-5-14(4)21-16(23)10-11-20-18(19-6-2)22-12-8-9-15(13-22)17(24)25-7-3/h14-15H,5-13H2,1-4H3,(H,19,20)(H,21,23). The lowest BCUT2D eigenvalue weighted by Crippen LogP contribution is -2.48. The van der Waals surface area contributed by atoms with Gasteiger partial charge in [-0.05, 0) is 40.0 Å². The molecule has 0 saturated carbocycles. The van der Waals surface area contributed by atoms with Crippen molar-refractivity contribution in [3.05, 3.63) is 0 Å². The number of likely N-dealkylation sites (tertiary alicyclic amines) is 1. The summed E-state index contributed by atoms with van der Waals surface area (Å²) in [5.74, 6) is 0.562. The number of piperidine rings is 1. The first-order valence-corrected chi connectivity index (χ1v) is 9.50. The highest BCUT2D eigenvalue weighted by Gasteiger charge is 2.28. The number of hydrogen-bond donors (Lipinski definition) is 2. The van der Waals surface area contributed by atoms with Crippen LogP contribution in [0.3, 0.4) is 0 Å². The molecule has 1 aliphatic heterocycles. The lowest BCUT2D eigenvalue weighted by molar-refractivity contribution is -0.149. The predicted molar refractivity (Wildman–Crippen MR) is 99.4 cm³/mol. The molecule has 0 spiro atoms. The lowest BCUT2D eigenvalue weighted by atomic mass is 9.98. The third-order valence-corrected chi connectivity index (χ3v) is 4.30. The van der Waals surface area contributed by atoms with Crippen molar-refractivity contribution in [2.75, 3.05) is 32.8 Å². The number of aliphatic imine (C=N–C) groups is 1. The predicted octanol–water partition coefficient (Wildman–Crippen LogP) is 1.53. The molecule has 1 fully saturated rings. The molecule has 25 heavy (non-hydrogen) atoms. The van der Waals surface area contributed by atoms with E-state index in [0.29, 0.717) is 26.1 Å². The number of nitrogens with one attached hydrogen (secondary N) is 2. The zero-order chi connectivity index (χ0) is 18.7. The molecule has 7 nitrogen and oxygen atoms in total. The van der Waals surface area contributed by atoms with Crippen LogP contribution < -0.4 is 10.6 Å². The summed E-state index contributed by atoms with van der Waals surface area (Å²) in [7, 11) is 0. The van der Waals surface area contributed by atoms with Crippen LogP contribution >= 0.6 is 0 Å². The fraction of sp³-hybridized carbons (Fsp3) is 0.833. The van der Waals surface area contributed by atoms with Crippen LogP contribution in [0.5, 0.6) is 0 Å². The van der Waals surface area contributed by atoms with Gasteiger partial charge in [-0.2, -0.15) is 0 Å². The fourth-order valence-electron chi connectivity index (χ4n) is 2.76. The summed E-state index contributed by atoms with van der Waals surface area (Å²) in [6.07, 6.45) is 3.07. The minimum atomic E-state index is -0.129. The number of hydrogen-bond acceptors (Lipinski definition) is 4. The van der Waals surface area contributed by atoms with E-state index < -0.39 is 0 Å². The Morgan fingerprint density at radius 3 is 2.72 bits per heavy atom. The molecule has 1 amide bonds. The van der Waals surface area contributed by atoms with E-state index in [1.807, 2.05) is 27.7 Å². The molecule has 0 aromatic heterocycles. The van der Waals surface area contributed by atoms with E-state index in [0.717, 1.165) is 38.3 Å². The summed E-state index contributed by atoms with van der Waals surface area (Å²) in [6, 6.07) is 0.192. The summed E-state index contributed by atoms with van der Waals surface area (Å²) in [4.78, 5) is 30.5. The Kier molecular flexibility index (Phi) is 9.96. The number of ether oxygens (including phenoxy) is 1. The molecular weight excluding hydrogens is 320 g/mol. The molecule has 0 aromatic rings. The second-order valence-corrected chi connectivity index (χ2v) is 6.40. The van der Waals surface area contributed by atoms with Gasteiger partial charge >= 0.3 is 5.97 Å². The Hall–Kier alpha value is -1.79. The highest BCUT2D eigenvalue weighted by atomic mass is 16.5. The molecule has 144 valence electrons. The van der Waals surface area contributed by atoms with Gasteiger partial charge in [-0.3, -0.25) is 14.6 Å². The minimum absolute atomic E-state index is 0.0250. The Labute approximate surface area is 151 Å². The molecule has 0 bridgehead atoms. The average Bonchev–Trinajstić information content (AvgIpc) is 2.61. The molecular formula is C18H34N4O3. The van der Waals surface area contributed by atoms with E-state index in [2.05, 4.69) is 20.5 Å². The van der Waals surface area contributed by atoms with Gasteiger partial charge in [0.1, 0.15) is 0 Å². The number of amides is 1. The van der Waals surface area contributed by atoms with Gasteiger partial charge in [-0.1, -0.05) is 6.92 Å². The van der Waals surface area contributed by atoms with E-state index >= 15 is 0 Å². The minimum Gasteiger partial charge on any atom is -0.466 e. The summed E-state index contributed by atoms with van der Waals surface area (Å²) < 4.78 is 5.15. The Balaban J connectivity index is 2.59. The quantitative estimate of drug-likeness (QED) is 0.392. The molecule has 1 heterocycles. The first-order valence-electron chi connectivity index (χ1n) is 9.50. The van der Waals surface area contributed by atoms with Crippen molar-refractivity contribution >= 4 is 17.8 Å². The average molecular weight is 354 g/mol. The van der Waals surface area contributed by atoms with E-state index in [4.69, 9.17) is 4.74 Å². The van der Waals surface area contributed by atoms with Gasteiger partial charge in [0.2, 0.25) is 5.91 Å². The van der Waals surface area contributed by atoms with Crippen LogP contribution in [0.2, 0.25) is 0 Å². The van der Waals surface area contributed by atoms with Gasteiger partial charge in [-0.25, -0.2) is 0 Å². The summed E-state index contributed by atoms with van der Waals surface area (Å²) >= 11 is 0. The molecule has 0 aromatic carbocycles. The van der Waals surface area contributed by atoms with Crippen LogP contribution in [0.1, 0.15) is 53.4 Å². The first-order chi connectivity index (χ1) is 12.0. The highest BCUT2D eigenvalue weighted by Crippen LogP contribution is 2.18. The summed E-state index contributed by atoms with van der Waals surface area (Å²) in [6.45, 7) is 11.0. The third-order valence-electron chi connectivity index (χ3n) is 4.30. The Bertz CT molecular complexity index is 454. The number of carbonyl (C=O) groups excluding carboxylic acids is 2. The van der Waals surface area contributed by atoms with E-state index in [9.17, 15) is 9.59 Å². The van der Waals surface area contributed by atoms with Gasteiger partial charge in [0.05, 0.1) is 19.1 Å². The molecule has 2 N–H and O–H groups in total. The second-order valence-electron chi connectivity index (χ2n) is 6.40. The van der Waals surface area contributed by atoms with E-state index in [1.54, 1.807) is 0 Å². The van der Waals surface area contributed by atoms with Gasteiger partial charge < -0.3 is 20.3 Å². The third kappa shape index (κ3) is 7.75. The zero-order valence-corrected chi connectivity index (χ0v) is 16.1. The molecule has 7 heteroatoms. The highest BCUT2D eigenvalue weighted by molar-refractivity contribution is 5.82. The van der Waals surface area contributed by atoms with Crippen molar-refractivity contribution < 1.29 is 14.3 Å². The molecule has 0 aliphatic carbocycles. The van der Waals surface area contributed by atoms with Gasteiger partial charge in [0, 0.05) is 32.1 Å². The molecule has 2 atom stereocenters. The topological polar surface area (TPSA) is 83.0 Å². The normalized spacial score (nSPS) is 19.3. The van der Waals surface area contributed by atoms with E-state index in [1.165, 1.54) is 0 Å². The lowest BCUT2D eigenvalue weighted by Gasteiger charge is -2.34. The SMILES string of the molecule is CCNC(=NCCC(=O)NC(C)CC)N1CCCC(C(=O)OCC)C1. The maximum absolute atomic E-state index is 12.0. The molecule has 2 unspecified atom stereocenters. The zero-order valence-electron chi connectivity index (χ0n) is 16.1. The molecule has 1 aliphatic rings. The van der Waals surface area contributed by atoms with Crippen molar-refractivity contribution in [3.63, 3.8) is 0 Å². The van der Waals surface area contributed by atoms with Crippen LogP contribution in [0, 0.1) is 5.92 Å².